The SMILES string of the molecule is O=C(O)c1cccc(CNCc2cc(F)ccc2F)n1. The van der Waals surface area contributed by atoms with Crippen LogP contribution in [0.25, 0.3) is 0 Å². The molecule has 4 nitrogen and oxygen atoms in total. The van der Waals surface area contributed by atoms with Gasteiger partial charge in [-0.25, -0.2) is 18.6 Å². The van der Waals surface area contributed by atoms with E-state index < -0.39 is 17.6 Å². The Morgan fingerprint density at radius 1 is 1.20 bits per heavy atom. The molecular formula is C14H12F2N2O2. The number of carboxylic acid groups (broad SMARTS) is 1. The molecule has 0 bridgehead atoms. The molecule has 0 radical (unpaired) electrons. The number of carbonyl (C=O) groups is 1. The highest BCUT2D eigenvalue weighted by Gasteiger charge is 2.06. The third-order valence-electron chi connectivity index (χ3n) is 2.66. The lowest BCUT2D eigenvalue weighted by atomic mass is 10.2. The van der Waals surface area contributed by atoms with E-state index in [4.69, 9.17) is 5.11 Å². The predicted octanol–water partition coefficient (Wildman–Crippen LogP) is 2.35. The van der Waals surface area contributed by atoms with Crippen molar-refractivity contribution in [2.75, 3.05) is 0 Å². The molecule has 1 heterocycles. The zero-order chi connectivity index (χ0) is 14.5. The van der Waals surface area contributed by atoms with E-state index in [1.54, 1.807) is 12.1 Å². The topological polar surface area (TPSA) is 62.2 Å². The Morgan fingerprint density at radius 2 is 2.00 bits per heavy atom. The van der Waals surface area contributed by atoms with Crippen LogP contribution in [0.4, 0.5) is 8.78 Å². The summed E-state index contributed by atoms with van der Waals surface area (Å²) in [7, 11) is 0. The molecule has 0 spiro atoms. The van der Waals surface area contributed by atoms with Crippen molar-refractivity contribution in [3.05, 3.63) is 65.0 Å². The maximum absolute atomic E-state index is 13.4. The third-order valence-corrected chi connectivity index (χ3v) is 2.66. The lowest BCUT2D eigenvalue weighted by Gasteiger charge is -2.06. The van der Waals surface area contributed by atoms with Gasteiger partial charge < -0.3 is 10.4 Å². The van der Waals surface area contributed by atoms with Crippen LogP contribution in [0, 0.1) is 11.6 Å². The van der Waals surface area contributed by atoms with Gasteiger partial charge in [-0.2, -0.15) is 0 Å². The second kappa shape index (κ2) is 6.21. The average Bonchev–Trinajstić information content (AvgIpc) is 2.43. The number of aromatic carboxylic acids is 1. The van der Waals surface area contributed by atoms with Gasteiger partial charge in [-0.3, -0.25) is 0 Å². The first kappa shape index (κ1) is 14.1. The van der Waals surface area contributed by atoms with Gasteiger partial charge in [0.25, 0.3) is 0 Å². The van der Waals surface area contributed by atoms with Crippen molar-refractivity contribution >= 4 is 5.97 Å². The minimum Gasteiger partial charge on any atom is -0.477 e. The largest absolute Gasteiger partial charge is 0.477 e. The van der Waals surface area contributed by atoms with Gasteiger partial charge in [0.1, 0.15) is 17.3 Å². The average molecular weight is 278 g/mol. The quantitative estimate of drug-likeness (QED) is 0.881. The Labute approximate surface area is 114 Å². The Morgan fingerprint density at radius 3 is 2.75 bits per heavy atom. The number of nitrogens with one attached hydrogen (secondary N) is 1. The van der Waals surface area contributed by atoms with Crippen LogP contribution in [-0.4, -0.2) is 16.1 Å². The highest BCUT2D eigenvalue weighted by atomic mass is 19.1. The molecule has 20 heavy (non-hydrogen) atoms. The number of nitrogens with zero attached hydrogens (tertiary/aromatic N) is 1. The van der Waals surface area contributed by atoms with Gasteiger partial charge in [-0.15, -0.1) is 0 Å². The van der Waals surface area contributed by atoms with Crippen molar-refractivity contribution in [1.29, 1.82) is 0 Å². The fraction of sp³-hybridized carbons (Fsp3) is 0.143. The molecular weight excluding hydrogens is 266 g/mol. The van der Waals surface area contributed by atoms with Gasteiger partial charge in [-0.1, -0.05) is 6.07 Å². The normalized spacial score (nSPS) is 10.5. The molecule has 0 atom stereocenters. The summed E-state index contributed by atoms with van der Waals surface area (Å²) in [5, 5.41) is 11.7. The summed E-state index contributed by atoms with van der Waals surface area (Å²) in [6, 6.07) is 7.85. The highest BCUT2D eigenvalue weighted by Crippen LogP contribution is 2.09. The Balaban J connectivity index is 1.97. The van der Waals surface area contributed by atoms with Crippen LogP contribution < -0.4 is 5.32 Å². The standard InChI is InChI=1S/C14H12F2N2O2/c15-10-4-5-12(16)9(6-10)7-17-8-11-2-1-3-13(18-11)14(19)20/h1-6,17H,7-8H2,(H,19,20). The maximum Gasteiger partial charge on any atom is 0.354 e. The van der Waals surface area contributed by atoms with Crippen molar-refractivity contribution < 1.29 is 18.7 Å². The van der Waals surface area contributed by atoms with Crippen LogP contribution in [0.5, 0.6) is 0 Å². The smallest absolute Gasteiger partial charge is 0.354 e. The van der Waals surface area contributed by atoms with Gasteiger partial charge in [0.15, 0.2) is 0 Å². The zero-order valence-corrected chi connectivity index (χ0v) is 10.4. The van der Waals surface area contributed by atoms with Crippen LogP contribution in [-0.2, 0) is 13.1 Å². The van der Waals surface area contributed by atoms with Crippen molar-refractivity contribution in [3.63, 3.8) is 0 Å². The summed E-state index contributed by atoms with van der Waals surface area (Å²) in [4.78, 5) is 14.7. The molecule has 2 N–H and O–H groups in total. The zero-order valence-electron chi connectivity index (χ0n) is 10.4. The van der Waals surface area contributed by atoms with Crippen LogP contribution >= 0.6 is 0 Å². The molecule has 0 unspecified atom stereocenters. The van der Waals surface area contributed by atoms with Crippen LogP contribution in [0.15, 0.2) is 36.4 Å². The Hall–Kier alpha value is -2.34. The lowest BCUT2D eigenvalue weighted by molar-refractivity contribution is 0.0690. The molecule has 104 valence electrons. The van der Waals surface area contributed by atoms with Gasteiger partial charge >= 0.3 is 5.97 Å². The molecule has 0 aliphatic heterocycles. The number of rotatable bonds is 5. The summed E-state index contributed by atoms with van der Waals surface area (Å²) < 4.78 is 26.3. The second-order valence-corrected chi connectivity index (χ2v) is 4.16. The first-order valence-electron chi connectivity index (χ1n) is 5.90. The predicted molar refractivity (Wildman–Crippen MR) is 68.1 cm³/mol. The number of halogens is 2. The van der Waals surface area contributed by atoms with Crippen molar-refractivity contribution in [1.82, 2.24) is 10.3 Å². The molecule has 0 amide bonds. The molecule has 2 aromatic rings. The van der Waals surface area contributed by atoms with Crippen molar-refractivity contribution in [2.45, 2.75) is 13.1 Å². The van der Waals surface area contributed by atoms with Crippen LogP contribution in [0.1, 0.15) is 21.7 Å². The fourth-order valence-electron chi connectivity index (χ4n) is 1.70. The molecule has 1 aromatic heterocycles. The van der Waals surface area contributed by atoms with Gasteiger partial charge in [0, 0.05) is 18.7 Å². The van der Waals surface area contributed by atoms with Gasteiger partial charge in [-0.05, 0) is 30.3 Å². The third kappa shape index (κ3) is 3.58. The first-order valence-corrected chi connectivity index (χ1v) is 5.90. The van der Waals surface area contributed by atoms with E-state index in [1.165, 1.54) is 6.07 Å². The van der Waals surface area contributed by atoms with E-state index in [1.807, 2.05) is 0 Å². The van der Waals surface area contributed by atoms with Crippen LogP contribution in [0.2, 0.25) is 0 Å². The van der Waals surface area contributed by atoms with E-state index in [0.29, 0.717) is 5.69 Å². The molecule has 0 fully saturated rings. The Kier molecular flexibility index (Phi) is 4.37. The number of aromatic nitrogens is 1. The summed E-state index contributed by atoms with van der Waals surface area (Å²) >= 11 is 0. The summed E-state index contributed by atoms with van der Waals surface area (Å²) in [5.74, 6) is -2.11. The highest BCUT2D eigenvalue weighted by molar-refractivity contribution is 5.85. The van der Waals surface area contributed by atoms with E-state index in [9.17, 15) is 13.6 Å². The molecule has 1 aromatic carbocycles. The fourth-order valence-corrected chi connectivity index (χ4v) is 1.70. The lowest BCUT2D eigenvalue weighted by Crippen LogP contribution is -2.15. The number of hydrogen-bond acceptors (Lipinski definition) is 3. The number of hydrogen-bond donors (Lipinski definition) is 2. The molecule has 6 heteroatoms. The Bertz CT molecular complexity index is 632. The van der Waals surface area contributed by atoms with E-state index >= 15 is 0 Å². The minimum absolute atomic E-state index is 0.0544. The number of pyridine rings is 1. The van der Waals surface area contributed by atoms with Crippen molar-refractivity contribution in [3.8, 4) is 0 Å². The van der Waals surface area contributed by atoms with Crippen molar-refractivity contribution in [2.24, 2.45) is 0 Å². The molecule has 0 saturated carbocycles. The minimum atomic E-state index is -1.11. The van der Waals surface area contributed by atoms with E-state index in [-0.39, 0.29) is 24.3 Å². The maximum atomic E-state index is 13.4. The summed E-state index contributed by atoms with van der Waals surface area (Å²) in [6.45, 7) is 0.389. The van der Waals surface area contributed by atoms with Gasteiger partial charge in [0.2, 0.25) is 0 Å². The van der Waals surface area contributed by atoms with Crippen LogP contribution in [0.3, 0.4) is 0 Å². The van der Waals surface area contributed by atoms with E-state index in [0.717, 1.165) is 18.2 Å². The molecule has 0 aliphatic rings. The first-order chi connectivity index (χ1) is 9.56. The number of carboxylic acids is 1. The summed E-state index contributed by atoms with van der Waals surface area (Å²) in [6.07, 6.45) is 0. The monoisotopic (exact) mass is 278 g/mol. The summed E-state index contributed by atoms with van der Waals surface area (Å²) in [5.41, 5.74) is 0.669. The second-order valence-electron chi connectivity index (χ2n) is 4.16. The molecule has 2 rings (SSSR count). The molecule has 0 aliphatic carbocycles. The molecule has 0 saturated heterocycles. The van der Waals surface area contributed by atoms with E-state index in [2.05, 4.69) is 10.3 Å². The number of benzene rings is 1. The van der Waals surface area contributed by atoms with Gasteiger partial charge in [0.05, 0.1) is 5.69 Å².